The van der Waals surface area contributed by atoms with Crippen molar-refractivity contribution in [2.45, 2.75) is 6.18 Å². The number of rotatable bonds is 3. The Balaban J connectivity index is 0.000000313. The van der Waals surface area contributed by atoms with Crippen molar-refractivity contribution in [3.8, 4) is 0 Å². The van der Waals surface area contributed by atoms with Gasteiger partial charge in [-0.1, -0.05) is 24.3 Å². The highest BCUT2D eigenvalue weighted by molar-refractivity contribution is 5.95. The quantitative estimate of drug-likeness (QED) is 0.628. The fourth-order valence-electron chi connectivity index (χ4n) is 2.08. The first-order valence-electron chi connectivity index (χ1n) is 7.67. The lowest BCUT2D eigenvalue weighted by atomic mass is 10.1. The van der Waals surface area contributed by atoms with Crippen molar-refractivity contribution >= 4 is 17.3 Å². The molecule has 0 radical (unpaired) electrons. The molecule has 0 amide bonds. The Morgan fingerprint density at radius 1 is 0.963 bits per heavy atom. The van der Waals surface area contributed by atoms with Crippen LogP contribution >= 0.6 is 0 Å². The van der Waals surface area contributed by atoms with Gasteiger partial charge in [0.1, 0.15) is 0 Å². The maximum absolute atomic E-state index is 12.6. The number of alkyl halides is 3. The summed E-state index contributed by atoms with van der Waals surface area (Å²) < 4.78 is 37.8. The fourth-order valence-corrected chi connectivity index (χ4v) is 2.08. The monoisotopic (exact) mass is 376 g/mol. The molecular formula is C19H15F3N2O3. The third-order valence-corrected chi connectivity index (χ3v) is 3.31. The molecule has 0 bridgehead atoms. The van der Waals surface area contributed by atoms with E-state index >= 15 is 0 Å². The molecule has 0 spiro atoms. The van der Waals surface area contributed by atoms with Crippen LogP contribution in [0.4, 0.5) is 24.5 Å². The van der Waals surface area contributed by atoms with Crippen LogP contribution in [-0.4, -0.2) is 16.1 Å². The summed E-state index contributed by atoms with van der Waals surface area (Å²) in [6, 6.07) is 15.5. The molecule has 0 unspecified atom stereocenters. The van der Waals surface area contributed by atoms with E-state index in [2.05, 4.69) is 10.3 Å². The molecule has 27 heavy (non-hydrogen) atoms. The molecule has 2 aromatic carbocycles. The second-order valence-electron chi connectivity index (χ2n) is 5.28. The summed E-state index contributed by atoms with van der Waals surface area (Å²) in [5.41, 5.74) is -0.449. The third kappa shape index (κ3) is 6.03. The van der Waals surface area contributed by atoms with Gasteiger partial charge in [-0.3, -0.25) is 4.79 Å². The van der Waals surface area contributed by atoms with Gasteiger partial charge in [-0.05, 0) is 36.4 Å². The lowest BCUT2D eigenvalue weighted by Crippen LogP contribution is -2.06. The molecule has 0 fully saturated rings. The predicted molar refractivity (Wildman–Crippen MR) is 95.2 cm³/mol. The zero-order chi connectivity index (χ0) is 19.9. The summed E-state index contributed by atoms with van der Waals surface area (Å²) in [6.45, 7) is 0. The lowest BCUT2D eigenvalue weighted by Gasteiger charge is -2.12. The number of carboxylic acids is 1. The van der Waals surface area contributed by atoms with Gasteiger partial charge in [0.15, 0.2) is 0 Å². The summed E-state index contributed by atoms with van der Waals surface area (Å²) in [6.07, 6.45) is -2.84. The maximum atomic E-state index is 12.6. The number of aromatic carboxylic acids is 1. The van der Waals surface area contributed by atoms with Crippen molar-refractivity contribution in [3.05, 3.63) is 94.4 Å². The molecule has 3 N–H and O–H groups in total. The first kappa shape index (κ1) is 19.8. The van der Waals surface area contributed by atoms with Crippen molar-refractivity contribution in [3.63, 3.8) is 0 Å². The second-order valence-corrected chi connectivity index (χ2v) is 5.28. The zero-order valence-corrected chi connectivity index (χ0v) is 13.8. The average molecular weight is 376 g/mol. The van der Waals surface area contributed by atoms with Gasteiger partial charge in [-0.15, -0.1) is 0 Å². The van der Waals surface area contributed by atoms with Gasteiger partial charge in [0.25, 0.3) is 0 Å². The van der Waals surface area contributed by atoms with E-state index in [0.29, 0.717) is 0 Å². The molecule has 1 aromatic heterocycles. The number of halogens is 3. The van der Waals surface area contributed by atoms with E-state index in [1.54, 1.807) is 30.5 Å². The van der Waals surface area contributed by atoms with Crippen molar-refractivity contribution in [2.75, 3.05) is 5.32 Å². The van der Waals surface area contributed by atoms with Gasteiger partial charge in [0.2, 0.25) is 5.56 Å². The van der Waals surface area contributed by atoms with Crippen molar-refractivity contribution in [1.29, 1.82) is 0 Å². The normalized spacial score (nSPS) is 10.5. The average Bonchev–Trinajstić information content (AvgIpc) is 2.63. The molecule has 8 heteroatoms. The minimum Gasteiger partial charge on any atom is -0.478 e. The number of H-pyrrole nitrogens is 1. The van der Waals surface area contributed by atoms with E-state index in [9.17, 15) is 22.8 Å². The SMILES string of the molecule is O=C(O)c1ccccc1Nc1cccc(C(F)(F)F)c1.O=c1cccc[nH]1. The lowest BCUT2D eigenvalue weighted by molar-refractivity contribution is -0.137. The van der Waals surface area contributed by atoms with Crippen LogP contribution in [0.1, 0.15) is 15.9 Å². The summed E-state index contributed by atoms with van der Waals surface area (Å²) in [5.74, 6) is -1.15. The van der Waals surface area contributed by atoms with Crippen LogP contribution in [0.25, 0.3) is 0 Å². The highest BCUT2D eigenvalue weighted by Crippen LogP contribution is 2.31. The number of hydrogen-bond donors (Lipinski definition) is 3. The Morgan fingerprint density at radius 3 is 2.22 bits per heavy atom. The Labute approximate surface area is 152 Å². The summed E-state index contributed by atoms with van der Waals surface area (Å²) in [7, 11) is 0. The number of para-hydroxylation sites is 1. The van der Waals surface area contributed by atoms with E-state index in [-0.39, 0.29) is 22.5 Å². The van der Waals surface area contributed by atoms with E-state index < -0.39 is 17.7 Å². The Kier molecular flexibility index (Phi) is 6.37. The van der Waals surface area contributed by atoms with Gasteiger partial charge in [-0.2, -0.15) is 13.2 Å². The number of benzene rings is 2. The van der Waals surface area contributed by atoms with Crippen LogP contribution in [0.5, 0.6) is 0 Å². The Bertz CT molecular complexity index is 951. The first-order chi connectivity index (χ1) is 12.8. The third-order valence-electron chi connectivity index (χ3n) is 3.31. The number of pyridine rings is 1. The van der Waals surface area contributed by atoms with E-state index in [1.165, 1.54) is 30.3 Å². The molecule has 1 heterocycles. The number of aromatic amines is 1. The van der Waals surface area contributed by atoms with Gasteiger partial charge < -0.3 is 15.4 Å². The minimum absolute atomic E-state index is 0.00934. The topological polar surface area (TPSA) is 82.2 Å². The van der Waals surface area contributed by atoms with Crippen LogP contribution in [0, 0.1) is 0 Å². The number of aromatic nitrogens is 1. The van der Waals surface area contributed by atoms with Crippen molar-refractivity contribution in [1.82, 2.24) is 4.98 Å². The molecule has 3 rings (SSSR count). The van der Waals surface area contributed by atoms with Crippen molar-refractivity contribution < 1.29 is 23.1 Å². The molecule has 3 aromatic rings. The van der Waals surface area contributed by atoms with Crippen LogP contribution in [0.15, 0.2) is 77.7 Å². The zero-order valence-electron chi connectivity index (χ0n) is 13.8. The number of carboxylic acid groups (broad SMARTS) is 1. The largest absolute Gasteiger partial charge is 0.478 e. The highest BCUT2D eigenvalue weighted by atomic mass is 19.4. The predicted octanol–water partition coefficient (Wildman–Crippen LogP) is 4.52. The number of carbonyl (C=O) groups is 1. The Hall–Kier alpha value is -3.55. The maximum Gasteiger partial charge on any atom is 0.416 e. The molecule has 0 saturated carbocycles. The first-order valence-corrected chi connectivity index (χ1v) is 7.67. The summed E-state index contributed by atoms with van der Waals surface area (Å²) in [4.78, 5) is 23.7. The van der Waals surface area contributed by atoms with Gasteiger partial charge in [0.05, 0.1) is 16.8 Å². The van der Waals surface area contributed by atoms with Crippen LogP contribution in [-0.2, 0) is 6.18 Å². The molecular weight excluding hydrogens is 361 g/mol. The smallest absolute Gasteiger partial charge is 0.416 e. The molecule has 0 atom stereocenters. The van der Waals surface area contributed by atoms with Gasteiger partial charge in [-0.25, -0.2) is 4.79 Å². The summed E-state index contributed by atoms with van der Waals surface area (Å²) >= 11 is 0. The summed E-state index contributed by atoms with van der Waals surface area (Å²) in [5, 5.41) is 11.7. The molecule has 0 aliphatic rings. The van der Waals surface area contributed by atoms with Crippen LogP contribution < -0.4 is 10.9 Å². The minimum atomic E-state index is -4.44. The van der Waals surface area contributed by atoms with E-state index in [4.69, 9.17) is 5.11 Å². The van der Waals surface area contributed by atoms with Gasteiger partial charge >= 0.3 is 12.1 Å². The van der Waals surface area contributed by atoms with E-state index in [1.807, 2.05) is 0 Å². The van der Waals surface area contributed by atoms with Gasteiger partial charge in [0, 0.05) is 18.0 Å². The number of hydrogen-bond acceptors (Lipinski definition) is 3. The van der Waals surface area contributed by atoms with Crippen LogP contribution in [0.2, 0.25) is 0 Å². The molecule has 5 nitrogen and oxygen atoms in total. The number of anilines is 2. The van der Waals surface area contributed by atoms with Crippen LogP contribution in [0.3, 0.4) is 0 Å². The van der Waals surface area contributed by atoms with Crippen molar-refractivity contribution in [2.24, 2.45) is 0 Å². The van der Waals surface area contributed by atoms with E-state index in [0.717, 1.165) is 12.1 Å². The molecule has 0 saturated heterocycles. The second kappa shape index (κ2) is 8.70. The highest BCUT2D eigenvalue weighted by Gasteiger charge is 2.30. The Morgan fingerprint density at radius 2 is 1.67 bits per heavy atom. The molecule has 0 aliphatic carbocycles. The number of nitrogens with one attached hydrogen (secondary N) is 2. The standard InChI is InChI=1S/C14H10F3NO2.C5H5NO/c15-14(16,17)9-4-3-5-10(8-9)18-12-7-2-1-6-11(12)13(19)20;7-5-3-1-2-4-6-5/h1-8,18H,(H,19,20);1-4H,(H,6,7). The molecule has 140 valence electrons. The fraction of sp³-hybridized carbons (Fsp3) is 0.0526. The molecule has 0 aliphatic heterocycles.